The summed E-state index contributed by atoms with van der Waals surface area (Å²) in [5.74, 6) is 0.314. The third-order valence-corrected chi connectivity index (χ3v) is 7.04. The van der Waals surface area contributed by atoms with Crippen LogP contribution in [0.25, 0.3) is 0 Å². The zero-order valence-electron chi connectivity index (χ0n) is 17.8. The molecule has 1 aromatic rings. The van der Waals surface area contributed by atoms with Crippen LogP contribution in [0.15, 0.2) is 12.1 Å². The zero-order valence-corrected chi connectivity index (χ0v) is 22.7. The van der Waals surface area contributed by atoms with Crippen molar-refractivity contribution < 1.29 is 76.4 Å². The summed E-state index contributed by atoms with van der Waals surface area (Å²) >= 11 is 0. The number of hydrogen-bond acceptors (Lipinski definition) is 2. The molecule has 0 radical (unpaired) electrons. The van der Waals surface area contributed by atoms with Gasteiger partial charge in [-0.25, -0.2) is 4.39 Å². The van der Waals surface area contributed by atoms with E-state index in [4.69, 9.17) is 9.47 Å². The Hall–Kier alpha value is 0.645. The molecule has 0 N–H and O–H groups in total. The predicted octanol–water partition coefficient (Wildman–Crippen LogP) is 3.41. The van der Waals surface area contributed by atoms with Crippen molar-refractivity contribution in [3.8, 4) is 5.75 Å². The smallest absolute Gasteiger partial charge is 0.487 e. The maximum absolute atomic E-state index is 13.9. The van der Waals surface area contributed by atoms with E-state index < -0.39 is 11.6 Å². The molecule has 1 aliphatic heterocycles. The molecular weight excluding hydrogens is 444 g/mol. The quantitative estimate of drug-likeness (QED) is 0.463. The van der Waals surface area contributed by atoms with Crippen LogP contribution >= 0.6 is 0 Å². The van der Waals surface area contributed by atoms with Gasteiger partial charge in [0.25, 0.3) is 0 Å². The molecule has 1 heterocycles. The predicted molar refractivity (Wildman–Crippen MR) is 106 cm³/mol. The summed E-state index contributed by atoms with van der Waals surface area (Å²) in [6.45, 7) is 0.742. The molecule has 0 amide bonds. The van der Waals surface area contributed by atoms with Crippen LogP contribution in [-0.4, -0.2) is 18.8 Å². The summed E-state index contributed by atoms with van der Waals surface area (Å²) in [5.41, 5.74) is 0.777. The molecule has 2 aliphatic carbocycles. The van der Waals surface area contributed by atoms with E-state index in [1.807, 2.05) is 0 Å². The van der Waals surface area contributed by atoms with Gasteiger partial charge in [0.05, 0.1) is 12.2 Å². The first-order valence-corrected chi connectivity index (χ1v) is 11.3. The maximum Gasteiger partial charge on any atom is 1.00 e. The van der Waals surface area contributed by atoms with Crippen LogP contribution in [0.5, 0.6) is 5.75 Å². The largest absolute Gasteiger partial charge is 1.00 e. The van der Waals surface area contributed by atoms with Crippen molar-refractivity contribution in [3.63, 3.8) is 0 Å². The monoisotopic (exact) mass is 476 g/mol. The Balaban J connectivity index is 0.00000240. The van der Waals surface area contributed by atoms with Gasteiger partial charge >= 0.3 is 58.2 Å². The van der Waals surface area contributed by atoms with Gasteiger partial charge in [0, 0.05) is 6.61 Å². The second kappa shape index (κ2) is 12.0. The first-order chi connectivity index (χ1) is 13.7. The van der Waals surface area contributed by atoms with E-state index in [0.717, 1.165) is 49.7 Å². The van der Waals surface area contributed by atoms with Gasteiger partial charge < -0.3 is 15.9 Å². The number of rotatable bonds is 6. The van der Waals surface area contributed by atoms with Crippen LogP contribution in [0, 0.1) is 29.9 Å². The topological polar surface area (TPSA) is 18.5 Å². The number of halogens is 2. The van der Waals surface area contributed by atoms with Crippen molar-refractivity contribution in [2.75, 3.05) is 6.61 Å². The minimum atomic E-state index is -0.842. The molecule has 1 aromatic carbocycles. The van der Waals surface area contributed by atoms with E-state index in [1.54, 1.807) is 6.07 Å². The molecule has 2 fully saturated rings. The fraction of sp³-hybridized carbons (Fsp3) is 0.708. The van der Waals surface area contributed by atoms with Gasteiger partial charge in [0.2, 0.25) is 5.82 Å². The first kappa shape index (κ1) is 24.3. The summed E-state index contributed by atoms with van der Waals surface area (Å²) < 4.78 is 39.2. The van der Waals surface area contributed by atoms with Crippen molar-refractivity contribution in [1.82, 2.24) is 0 Å². The standard InChI is InChI=1S/C24H33F2O2.Rb/c25-22-15-11-19-10-14-21(28-24(19)23(22)26)7-4-16-27-20-12-8-18(9-13-20)17-5-2-1-3-6-17;/h1,11,15,17-18,20-21H,2-10,12-14,16H2;/q-1;+1. The maximum atomic E-state index is 13.9. The molecule has 3 aliphatic rings. The van der Waals surface area contributed by atoms with Crippen molar-refractivity contribution in [1.29, 1.82) is 0 Å². The minimum absolute atomic E-state index is 0. The summed E-state index contributed by atoms with van der Waals surface area (Å²) in [6.07, 6.45) is 16.6. The summed E-state index contributed by atoms with van der Waals surface area (Å²) in [7, 11) is 0. The first-order valence-electron chi connectivity index (χ1n) is 11.3. The second-order valence-corrected chi connectivity index (χ2v) is 8.88. The Labute approximate surface area is 223 Å². The van der Waals surface area contributed by atoms with Crippen LogP contribution in [-0.2, 0) is 11.2 Å². The SMILES string of the molecule is Fc1ccc2c(c1F)OC(CCCOC1CCC(C3CC[CH-]CC3)CC1)CC2.[Rb+]. The van der Waals surface area contributed by atoms with Crippen LogP contribution < -0.4 is 62.9 Å². The van der Waals surface area contributed by atoms with E-state index in [0.29, 0.717) is 6.10 Å². The third kappa shape index (κ3) is 6.57. The van der Waals surface area contributed by atoms with Crippen LogP contribution in [0.4, 0.5) is 8.78 Å². The van der Waals surface area contributed by atoms with Crippen molar-refractivity contribution in [3.05, 3.63) is 35.8 Å². The Kier molecular flexibility index (Phi) is 10.1. The third-order valence-electron chi connectivity index (χ3n) is 7.04. The van der Waals surface area contributed by atoms with E-state index in [9.17, 15) is 8.78 Å². The van der Waals surface area contributed by atoms with Crippen molar-refractivity contribution in [2.45, 2.75) is 89.3 Å². The molecule has 29 heavy (non-hydrogen) atoms. The molecule has 0 spiro atoms. The summed E-state index contributed by atoms with van der Waals surface area (Å²) in [4.78, 5) is 0. The molecule has 4 rings (SSSR count). The van der Waals surface area contributed by atoms with Gasteiger partial charge in [-0.3, -0.25) is 0 Å². The number of ether oxygens (including phenoxy) is 2. The molecule has 5 heteroatoms. The molecule has 2 saturated carbocycles. The zero-order chi connectivity index (χ0) is 19.3. The Bertz CT molecular complexity index is 640. The molecule has 2 nitrogen and oxygen atoms in total. The van der Waals surface area contributed by atoms with Gasteiger partial charge in [-0.1, -0.05) is 18.9 Å². The molecule has 0 aromatic heterocycles. The van der Waals surface area contributed by atoms with Crippen LogP contribution in [0.3, 0.4) is 0 Å². The van der Waals surface area contributed by atoms with Crippen LogP contribution in [0.2, 0.25) is 0 Å². The van der Waals surface area contributed by atoms with E-state index in [2.05, 4.69) is 6.42 Å². The van der Waals surface area contributed by atoms with E-state index in [-0.39, 0.29) is 70.0 Å². The van der Waals surface area contributed by atoms with E-state index >= 15 is 0 Å². The fourth-order valence-corrected chi connectivity index (χ4v) is 5.35. The number of fused-ring (bicyclic) bond motifs is 1. The number of benzene rings is 1. The fourth-order valence-electron chi connectivity index (χ4n) is 5.35. The van der Waals surface area contributed by atoms with Gasteiger partial charge in [-0.15, -0.1) is 0 Å². The molecule has 0 saturated heterocycles. The summed E-state index contributed by atoms with van der Waals surface area (Å²) in [5, 5.41) is 0. The molecule has 1 unspecified atom stereocenters. The van der Waals surface area contributed by atoms with Crippen LogP contribution in [0.1, 0.15) is 76.2 Å². The molecule has 156 valence electrons. The van der Waals surface area contributed by atoms with E-state index in [1.165, 1.54) is 57.4 Å². The summed E-state index contributed by atoms with van der Waals surface area (Å²) in [6, 6.07) is 2.82. The van der Waals surface area contributed by atoms with Gasteiger partial charge in [-0.2, -0.15) is 17.2 Å². The number of aryl methyl sites for hydroxylation is 1. The second-order valence-electron chi connectivity index (χ2n) is 8.88. The van der Waals surface area contributed by atoms with Crippen molar-refractivity contribution >= 4 is 0 Å². The van der Waals surface area contributed by atoms with Gasteiger partial charge in [0.1, 0.15) is 0 Å². The average Bonchev–Trinajstić information content (AvgIpc) is 2.75. The Morgan fingerprint density at radius 3 is 2.45 bits per heavy atom. The number of hydrogen-bond donors (Lipinski definition) is 0. The Morgan fingerprint density at radius 2 is 1.69 bits per heavy atom. The van der Waals surface area contributed by atoms with Crippen molar-refractivity contribution in [2.24, 2.45) is 11.8 Å². The molecule has 1 atom stereocenters. The average molecular weight is 477 g/mol. The minimum Gasteiger partial charge on any atom is -0.487 e. The van der Waals surface area contributed by atoms with Gasteiger partial charge in [-0.05, 0) is 74.8 Å². The molecular formula is C24H33F2O2Rb. The van der Waals surface area contributed by atoms with Gasteiger partial charge in [0.15, 0.2) is 11.6 Å². The Morgan fingerprint density at radius 1 is 0.966 bits per heavy atom. The normalized spacial score (nSPS) is 27.6. The molecule has 0 bridgehead atoms.